The molecule has 3 heteroatoms. The van der Waals surface area contributed by atoms with E-state index in [-0.39, 0.29) is 0 Å². The molecule has 0 aliphatic carbocycles. The molecule has 0 spiro atoms. The zero-order chi connectivity index (χ0) is 7.23. The molecule has 10 heavy (non-hydrogen) atoms. The van der Waals surface area contributed by atoms with Gasteiger partial charge in [0.15, 0.2) is 0 Å². The van der Waals surface area contributed by atoms with Gasteiger partial charge in [0.1, 0.15) is 6.61 Å². The second kappa shape index (κ2) is 4.61. The van der Waals surface area contributed by atoms with Crippen molar-refractivity contribution in [3.63, 3.8) is 0 Å². The van der Waals surface area contributed by atoms with Crippen molar-refractivity contribution in [1.29, 1.82) is 0 Å². The molecular weight excluding hydrogens is 146 g/mol. The molecule has 0 bridgehead atoms. The van der Waals surface area contributed by atoms with E-state index in [4.69, 9.17) is 4.84 Å². The summed E-state index contributed by atoms with van der Waals surface area (Å²) < 4.78 is 0. The molecule has 1 unspecified atom stereocenters. The van der Waals surface area contributed by atoms with Gasteiger partial charge in [-0.15, -0.1) is 0 Å². The fourth-order valence-electron chi connectivity index (χ4n) is 0.938. The quantitative estimate of drug-likeness (QED) is 0.462. The van der Waals surface area contributed by atoms with E-state index in [9.17, 15) is 0 Å². The number of oxime groups is 1. The van der Waals surface area contributed by atoms with Crippen molar-refractivity contribution in [2.24, 2.45) is 11.1 Å². The van der Waals surface area contributed by atoms with E-state index in [1.807, 2.05) is 18.7 Å². The van der Waals surface area contributed by atoms with Crippen LogP contribution in [0.5, 0.6) is 0 Å². The molecule has 1 heterocycles. The molecule has 0 radical (unpaired) electrons. The highest BCUT2D eigenvalue weighted by Crippen LogP contribution is 2.23. The molecule has 1 atom stereocenters. The van der Waals surface area contributed by atoms with Gasteiger partial charge in [0.2, 0.25) is 0 Å². The monoisotopic (exact) mass is 159 g/mol. The lowest BCUT2D eigenvalue weighted by Gasteiger charge is -2.03. The van der Waals surface area contributed by atoms with Crippen LogP contribution in [-0.2, 0) is 4.84 Å². The molecule has 0 aromatic heterocycles. The van der Waals surface area contributed by atoms with Crippen molar-refractivity contribution in [1.82, 2.24) is 0 Å². The SMILES string of the molecule is CC=NOCC1CCSC1. The Kier molecular flexibility index (Phi) is 3.65. The summed E-state index contributed by atoms with van der Waals surface area (Å²) in [4.78, 5) is 5.02. The Morgan fingerprint density at radius 1 is 1.80 bits per heavy atom. The van der Waals surface area contributed by atoms with Gasteiger partial charge >= 0.3 is 0 Å². The minimum atomic E-state index is 0.744. The van der Waals surface area contributed by atoms with Gasteiger partial charge in [-0.3, -0.25) is 0 Å². The Labute approximate surface area is 66.0 Å². The number of nitrogens with zero attached hydrogens (tertiary/aromatic N) is 1. The second-order valence-corrected chi connectivity index (χ2v) is 3.54. The molecule has 1 saturated heterocycles. The zero-order valence-corrected chi connectivity index (χ0v) is 7.06. The Hall–Kier alpha value is -0.180. The van der Waals surface area contributed by atoms with Gasteiger partial charge < -0.3 is 4.84 Å². The summed E-state index contributed by atoms with van der Waals surface area (Å²) in [6.45, 7) is 2.67. The normalized spacial score (nSPS) is 25.9. The first kappa shape index (κ1) is 7.92. The average molecular weight is 159 g/mol. The van der Waals surface area contributed by atoms with Gasteiger partial charge in [0.05, 0.1) is 0 Å². The summed E-state index contributed by atoms with van der Waals surface area (Å²) in [5.41, 5.74) is 0. The molecule has 58 valence electrons. The summed E-state index contributed by atoms with van der Waals surface area (Å²) in [6.07, 6.45) is 2.98. The molecule has 0 saturated carbocycles. The lowest BCUT2D eigenvalue weighted by atomic mass is 10.1. The van der Waals surface area contributed by atoms with Crippen molar-refractivity contribution in [3.8, 4) is 0 Å². The minimum Gasteiger partial charge on any atom is -0.396 e. The summed E-state index contributed by atoms with van der Waals surface area (Å²) in [7, 11) is 0. The first-order chi connectivity index (χ1) is 4.93. The molecule has 1 aliphatic rings. The molecule has 1 fully saturated rings. The molecule has 0 aromatic rings. The van der Waals surface area contributed by atoms with Crippen molar-refractivity contribution in [3.05, 3.63) is 0 Å². The molecule has 1 aliphatic heterocycles. The standard InChI is InChI=1S/C7H13NOS/c1-2-8-9-5-7-3-4-10-6-7/h2,7H,3-6H2,1H3. The third-order valence-electron chi connectivity index (χ3n) is 1.51. The van der Waals surface area contributed by atoms with Gasteiger partial charge in [0, 0.05) is 12.1 Å². The smallest absolute Gasteiger partial charge is 0.120 e. The number of hydrogen-bond acceptors (Lipinski definition) is 3. The molecule has 0 N–H and O–H groups in total. The molecule has 2 nitrogen and oxygen atoms in total. The maximum atomic E-state index is 5.02. The topological polar surface area (TPSA) is 21.6 Å². The molecule has 0 amide bonds. The zero-order valence-electron chi connectivity index (χ0n) is 6.25. The maximum absolute atomic E-state index is 5.02. The molecule has 1 rings (SSSR count). The highest BCUT2D eigenvalue weighted by Gasteiger charge is 2.15. The second-order valence-electron chi connectivity index (χ2n) is 2.39. The molecular formula is C7H13NOS. The Morgan fingerprint density at radius 3 is 3.30 bits per heavy atom. The molecule has 0 aromatic carbocycles. The Bertz CT molecular complexity index is 110. The number of hydrogen-bond donors (Lipinski definition) is 0. The van der Waals surface area contributed by atoms with E-state index in [0.717, 1.165) is 12.5 Å². The summed E-state index contributed by atoms with van der Waals surface area (Å²) >= 11 is 2.01. The van der Waals surface area contributed by atoms with Crippen LogP contribution in [0.15, 0.2) is 5.16 Å². The van der Waals surface area contributed by atoms with Crippen LogP contribution in [0.2, 0.25) is 0 Å². The Morgan fingerprint density at radius 2 is 2.70 bits per heavy atom. The lowest BCUT2D eigenvalue weighted by Crippen LogP contribution is -2.05. The minimum absolute atomic E-state index is 0.744. The first-order valence-electron chi connectivity index (χ1n) is 3.61. The van der Waals surface area contributed by atoms with Crippen LogP contribution < -0.4 is 0 Å². The van der Waals surface area contributed by atoms with Crippen LogP contribution in [-0.4, -0.2) is 24.3 Å². The van der Waals surface area contributed by atoms with Gasteiger partial charge in [-0.25, -0.2) is 0 Å². The fraction of sp³-hybridized carbons (Fsp3) is 0.857. The lowest BCUT2D eigenvalue weighted by molar-refractivity contribution is 0.116. The third-order valence-corrected chi connectivity index (χ3v) is 2.75. The van der Waals surface area contributed by atoms with E-state index in [1.54, 1.807) is 6.21 Å². The third kappa shape index (κ3) is 2.60. The average Bonchev–Trinajstić information content (AvgIpc) is 2.41. The predicted octanol–water partition coefficient (Wildman–Crippen LogP) is 1.76. The van der Waals surface area contributed by atoms with E-state index in [0.29, 0.717) is 0 Å². The van der Waals surface area contributed by atoms with Crippen LogP contribution in [0, 0.1) is 5.92 Å². The first-order valence-corrected chi connectivity index (χ1v) is 4.76. The van der Waals surface area contributed by atoms with Gasteiger partial charge in [-0.05, 0) is 24.9 Å². The highest BCUT2D eigenvalue weighted by molar-refractivity contribution is 7.99. The maximum Gasteiger partial charge on any atom is 0.120 e. The van der Waals surface area contributed by atoms with E-state index in [2.05, 4.69) is 5.16 Å². The largest absolute Gasteiger partial charge is 0.396 e. The van der Waals surface area contributed by atoms with Crippen molar-refractivity contribution in [2.75, 3.05) is 18.1 Å². The summed E-state index contributed by atoms with van der Waals surface area (Å²) in [6, 6.07) is 0. The van der Waals surface area contributed by atoms with E-state index < -0.39 is 0 Å². The number of rotatable bonds is 3. The fourth-order valence-corrected chi connectivity index (χ4v) is 2.20. The van der Waals surface area contributed by atoms with Crippen LogP contribution in [0.4, 0.5) is 0 Å². The number of thioether (sulfide) groups is 1. The van der Waals surface area contributed by atoms with Gasteiger partial charge in [-0.1, -0.05) is 5.16 Å². The van der Waals surface area contributed by atoms with Gasteiger partial charge in [-0.2, -0.15) is 11.8 Å². The van der Waals surface area contributed by atoms with Crippen molar-refractivity contribution >= 4 is 18.0 Å². The summed E-state index contributed by atoms with van der Waals surface area (Å²) in [5.74, 6) is 3.29. The van der Waals surface area contributed by atoms with E-state index in [1.165, 1.54) is 17.9 Å². The predicted molar refractivity (Wildman–Crippen MR) is 45.6 cm³/mol. The van der Waals surface area contributed by atoms with Crippen molar-refractivity contribution < 1.29 is 4.84 Å². The van der Waals surface area contributed by atoms with E-state index >= 15 is 0 Å². The van der Waals surface area contributed by atoms with Gasteiger partial charge in [0.25, 0.3) is 0 Å². The van der Waals surface area contributed by atoms with Crippen molar-refractivity contribution in [2.45, 2.75) is 13.3 Å². The Balaban J connectivity index is 2.01. The van der Waals surface area contributed by atoms with Crippen LogP contribution in [0.25, 0.3) is 0 Å². The van der Waals surface area contributed by atoms with Crippen LogP contribution >= 0.6 is 11.8 Å². The summed E-state index contributed by atoms with van der Waals surface area (Å²) in [5, 5.41) is 3.70. The van der Waals surface area contributed by atoms with Crippen LogP contribution in [0.3, 0.4) is 0 Å². The van der Waals surface area contributed by atoms with Crippen LogP contribution in [0.1, 0.15) is 13.3 Å². The highest BCUT2D eigenvalue weighted by atomic mass is 32.2.